The number of alkyl halides is 3. The first kappa shape index (κ1) is 23.1. The van der Waals surface area contributed by atoms with Gasteiger partial charge in [0.05, 0.1) is 4.92 Å². The van der Waals surface area contributed by atoms with Crippen molar-refractivity contribution in [1.82, 2.24) is 9.62 Å². The van der Waals surface area contributed by atoms with E-state index in [1.54, 1.807) is 31.2 Å². The van der Waals surface area contributed by atoms with Gasteiger partial charge in [0, 0.05) is 23.4 Å². The topological polar surface area (TPSA) is 105 Å². The molecule has 0 spiro atoms. The van der Waals surface area contributed by atoms with Gasteiger partial charge in [-0.05, 0) is 25.1 Å². The lowest BCUT2D eigenvalue weighted by Crippen LogP contribution is -2.54. The quantitative estimate of drug-likeness (QED) is 0.191. The molecule has 2 N–H and O–H groups in total. The van der Waals surface area contributed by atoms with E-state index in [1.165, 1.54) is 18.2 Å². The van der Waals surface area contributed by atoms with E-state index >= 15 is 0 Å². The number of hydrogen-bond donors (Lipinski definition) is 3. The molecule has 12 heteroatoms. The molecular weight excluding hydrogens is 463 g/mol. The summed E-state index contributed by atoms with van der Waals surface area (Å²) in [5, 5.41) is 15.7. The number of amides is 3. The van der Waals surface area contributed by atoms with E-state index in [1.807, 2.05) is 0 Å². The number of carbonyl (C=O) groups excluding carboxylic acids is 2. The summed E-state index contributed by atoms with van der Waals surface area (Å²) >= 11 is 21.8. The Morgan fingerprint density at radius 1 is 1.17 bits per heavy atom. The molecular formula is C17H15Cl3N4O4S. The third-order valence-electron chi connectivity index (χ3n) is 3.62. The molecule has 0 saturated carbocycles. The van der Waals surface area contributed by atoms with Crippen LogP contribution in [0.2, 0.25) is 0 Å². The van der Waals surface area contributed by atoms with Gasteiger partial charge in [0.1, 0.15) is 0 Å². The number of non-ortho nitro benzene ring substituents is 1. The Hall–Kier alpha value is -2.20. The summed E-state index contributed by atoms with van der Waals surface area (Å²) < 4.78 is -1.44. The summed E-state index contributed by atoms with van der Waals surface area (Å²) in [6, 6.07) is 11.0. The molecule has 1 atom stereocenters. The Kier molecular flexibility index (Phi) is 7.59. The summed E-state index contributed by atoms with van der Waals surface area (Å²) in [4.78, 5) is 35.2. The third-order valence-corrected chi connectivity index (χ3v) is 4.65. The molecule has 0 aliphatic heterocycles. The van der Waals surface area contributed by atoms with Crippen LogP contribution in [0.15, 0.2) is 48.5 Å². The van der Waals surface area contributed by atoms with Gasteiger partial charge in [-0.25, -0.2) is 9.10 Å². The van der Waals surface area contributed by atoms with Crippen molar-refractivity contribution in [2.24, 2.45) is 0 Å². The molecule has 8 nitrogen and oxygen atoms in total. The first-order valence-electron chi connectivity index (χ1n) is 7.97. The number of thiol groups is 1. The molecule has 0 saturated heterocycles. The monoisotopic (exact) mass is 476 g/mol. The fourth-order valence-electron chi connectivity index (χ4n) is 2.27. The van der Waals surface area contributed by atoms with Gasteiger partial charge in [-0.1, -0.05) is 71.4 Å². The summed E-state index contributed by atoms with van der Waals surface area (Å²) in [5.74, 6) is -0.591. The van der Waals surface area contributed by atoms with Crippen molar-refractivity contribution >= 4 is 70.9 Å². The molecule has 0 fully saturated rings. The normalized spacial score (nSPS) is 12.0. The number of hydrogen-bond acceptors (Lipinski definition) is 5. The highest BCUT2D eigenvalue weighted by atomic mass is 35.6. The van der Waals surface area contributed by atoms with Gasteiger partial charge in [-0.2, -0.15) is 0 Å². The van der Waals surface area contributed by atoms with Crippen LogP contribution in [0.4, 0.5) is 16.2 Å². The zero-order chi connectivity index (χ0) is 21.8. The molecule has 0 radical (unpaired) electrons. The van der Waals surface area contributed by atoms with Crippen molar-refractivity contribution in [3.63, 3.8) is 0 Å². The smallest absolute Gasteiger partial charge is 0.327 e. The van der Waals surface area contributed by atoms with Crippen LogP contribution in [-0.2, 0) is 0 Å². The van der Waals surface area contributed by atoms with Crippen molar-refractivity contribution in [3.05, 3.63) is 69.8 Å². The molecule has 3 amide bonds. The maximum Gasteiger partial charge on any atom is 0.333 e. The number of nitrogens with one attached hydrogen (secondary N) is 2. The van der Waals surface area contributed by atoms with E-state index < -0.39 is 26.8 Å². The number of nitro groups is 1. The van der Waals surface area contributed by atoms with Crippen molar-refractivity contribution < 1.29 is 14.5 Å². The number of urea groups is 1. The maximum absolute atomic E-state index is 12.5. The number of carbonyl (C=O) groups is 2. The summed E-state index contributed by atoms with van der Waals surface area (Å²) in [5.41, 5.74) is 1.04. The lowest BCUT2D eigenvalue weighted by atomic mass is 10.1. The molecule has 0 aromatic heterocycles. The summed E-state index contributed by atoms with van der Waals surface area (Å²) in [6.07, 6.45) is -1.46. The number of benzene rings is 2. The average molecular weight is 478 g/mol. The number of anilines is 1. The second-order valence-corrected chi connectivity index (χ2v) is 8.67. The summed E-state index contributed by atoms with van der Waals surface area (Å²) in [7, 11) is 0. The molecule has 0 heterocycles. The van der Waals surface area contributed by atoms with Crippen LogP contribution in [0.3, 0.4) is 0 Å². The van der Waals surface area contributed by atoms with E-state index in [4.69, 9.17) is 34.8 Å². The van der Waals surface area contributed by atoms with Gasteiger partial charge >= 0.3 is 6.03 Å². The first-order valence-corrected chi connectivity index (χ1v) is 9.50. The second-order valence-electron chi connectivity index (χ2n) is 5.87. The SMILES string of the molecule is Cc1cccc(C(=O)NC(N(S)C(=O)Nc2cccc([N+](=O)[O-])c2)C(Cl)(Cl)Cl)c1. The molecule has 2 aromatic carbocycles. The largest absolute Gasteiger partial charge is 0.333 e. The second kappa shape index (κ2) is 9.53. The zero-order valence-corrected chi connectivity index (χ0v) is 18.0. The fraction of sp³-hybridized carbons (Fsp3) is 0.176. The van der Waals surface area contributed by atoms with E-state index in [-0.39, 0.29) is 11.4 Å². The van der Waals surface area contributed by atoms with E-state index in [0.717, 1.165) is 11.6 Å². The number of aryl methyl sites for hydroxylation is 1. The highest BCUT2D eigenvalue weighted by Gasteiger charge is 2.40. The molecule has 2 rings (SSSR count). The Morgan fingerprint density at radius 2 is 1.83 bits per heavy atom. The third kappa shape index (κ3) is 6.40. The minimum Gasteiger partial charge on any atom is -0.327 e. The average Bonchev–Trinajstić information content (AvgIpc) is 2.64. The maximum atomic E-state index is 12.5. The predicted octanol–water partition coefficient (Wildman–Crippen LogP) is 4.71. The standard InChI is InChI=1S/C17H15Cl3N4O4S/c1-10-4-2-5-11(8-10)14(25)22-15(17(18,19)20)23(29)16(26)21-12-6-3-7-13(9-12)24(27)28/h2-9,15,29H,1H3,(H,21,26)(H,22,25). The lowest BCUT2D eigenvalue weighted by molar-refractivity contribution is -0.384. The van der Waals surface area contributed by atoms with Crippen LogP contribution in [0.25, 0.3) is 0 Å². The van der Waals surface area contributed by atoms with Crippen LogP contribution in [-0.4, -0.2) is 31.1 Å². The van der Waals surface area contributed by atoms with Gasteiger partial charge in [-0.3, -0.25) is 14.9 Å². The molecule has 0 bridgehead atoms. The van der Waals surface area contributed by atoms with E-state index in [9.17, 15) is 19.7 Å². The molecule has 0 aliphatic carbocycles. The first-order chi connectivity index (χ1) is 13.5. The highest BCUT2D eigenvalue weighted by molar-refractivity contribution is 7.78. The van der Waals surface area contributed by atoms with Gasteiger partial charge in [0.2, 0.25) is 3.79 Å². The van der Waals surface area contributed by atoms with Gasteiger partial charge in [0.15, 0.2) is 6.17 Å². The fourth-order valence-corrected chi connectivity index (χ4v) is 3.21. The van der Waals surface area contributed by atoms with Crippen LogP contribution >= 0.6 is 47.6 Å². The van der Waals surface area contributed by atoms with Crippen LogP contribution in [0, 0.1) is 17.0 Å². The van der Waals surface area contributed by atoms with Crippen LogP contribution in [0.1, 0.15) is 15.9 Å². The van der Waals surface area contributed by atoms with Gasteiger partial charge < -0.3 is 10.6 Å². The van der Waals surface area contributed by atoms with Gasteiger partial charge in [0.25, 0.3) is 11.6 Å². The lowest BCUT2D eigenvalue weighted by Gasteiger charge is -2.32. The Bertz CT molecular complexity index is 939. The Labute approximate surface area is 186 Å². The minimum absolute atomic E-state index is 0.122. The number of rotatable bonds is 5. The number of halogens is 3. The van der Waals surface area contributed by atoms with Gasteiger partial charge in [-0.15, -0.1) is 0 Å². The van der Waals surface area contributed by atoms with Crippen molar-refractivity contribution in [2.45, 2.75) is 16.9 Å². The van der Waals surface area contributed by atoms with Crippen LogP contribution in [0.5, 0.6) is 0 Å². The summed E-state index contributed by atoms with van der Waals surface area (Å²) in [6.45, 7) is 1.81. The number of nitro benzene ring substituents is 1. The van der Waals surface area contributed by atoms with E-state index in [0.29, 0.717) is 9.87 Å². The van der Waals surface area contributed by atoms with Crippen molar-refractivity contribution in [3.8, 4) is 0 Å². The molecule has 29 heavy (non-hydrogen) atoms. The highest BCUT2D eigenvalue weighted by Crippen LogP contribution is 2.33. The Morgan fingerprint density at radius 3 is 2.41 bits per heavy atom. The molecule has 0 aliphatic rings. The Balaban J connectivity index is 2.19. The van der Waals surface area contributed by atoms with Crippen LogP contribution < -0.4 is 10.6 Å². The number of nitrogens with zero attached hydrogens (tertiary/aromatic N) is 2. The van der Waals surface area contributed by atoms with Crippen molar-refractivity contribution in [2.75, 3.05) is 5.32 Å². The predicted molar refractivity (Wildman–Crippen MR) is 116 cm³/mol. The van der Waals surface area contributed by atoms with Crippen molar-refractivity contribution in [1.29, 1.82) is 0 Å². The zero-order valence-electron chi connectivity index (χ0n) is 14.8. The molecule has 2 aromatic rings. The minimum atomic E-state index is -2.12. The molecule has 154 valence electrons. The molecule has 1 unspecified atom stereocenters. The van der Waals surface area contributed by atoms with E-state index in [2.05, 4.69) is 23.4 Å².